The summed E-state index contributed by atoms with van der Waals surface area (Å²) >= 11 is 5.66. The Kier molecular flexibility index (Phi) is 4.59. The Balaban J connectivity index is 2.55. The van der Waals surface area contributed by atoms with Crippen molar-refractivity contribution in [2.45, 2.75) is 6.42 Å². The molecule has 0 aliphatic heterocycles. The zero-order valence-electron chi connectivity index (χ0n) is 8.85. The van der Waals surface area contributed by atoms with Crippen LogP contribution in [0, 0.1) is 0 Å². The number of carbonyl (C=O) groups is 1. The highest BCUT2D eigenvalue weighted by Gasteiger charge is 2.07. The number of nitrogens with two attached hydrogens (primary N) is 1. The maximum atomic E-state index is 11.6. The number of phenolic OH excluding ortho intramolecular Hbond substituents is 1. The van der Waals surface area contributed by atoms with Crippen molar-refractivity contribution < 1.29 is 15.1 Å². The minimum atomic E-state index is -0.349. The summed E-state index contributed by atoms with van der Waals surface area (Å²) in [7, 11) is 0. The summed E-state index contributed by atoms with van der Waals surface area (Å²) in [5.74, 6) is -0.397. The molecule has 0 spiro atoms. The Hall–Kier alpha value is -1.95. The summed E-state index contributed by atoms with van der Waals surface area (Å²) in [6.45, 7) is 0.243. The molecule has 0 atom stereocenters. The molecular weight excluding hydrogens is 246 g/mol. The van der Waals surface area contributed by atoms with Gasteiger partial charge in [-0.15, -0.1) is 0 Å². The number of hydrogen-bond acceptors (Lipinski definition) is 4. The van der Waals surface area contributed by atoms with E-state index in [1.807, 2.05) is 0 Å². The van der Waals surface area contributed by atoms with Gasteiger partial charge >= 0.3 is 0 Å². The molecule has 1 amide bonds. The van der Waals surface area contributed by atoms with Crippen LogP contribution in [0.25, 0.3) is 0 Å². The number of nitrogens with zero attached hydrogens (tertiary/aromatic N) is 1. The van der Waals surface area contributed by atoms with E-state index in [0.717, 1.165) is 0 Å². The topological polar surface area (TPSA) is 108 Å². The van der Waals surface area contributed by atoms with Crippen molar-refractivity contribution >= 4 is 23.3 Å². The number of phenols is 1. The molecule has 0 aliphatic rings. The quantitative estimate of drug-likeness (QED) is 0.278. The van der Waals surface area contributed by atoms with Crippen molar-refractivity contribution in [3.63, 3.8) is 0 Å². The predicted molar refractivity (Wildman–Crippen MR) is 63.5 cm³/mol. The van der Waals surface area contributed by atoms with Crippen molar-refractivity contribution in [3.8, 4) is 5.75 Å². The fraction of sp³-hybridized carbons (Fsp3) is 0.200. The van der Waals surface area contributed by atoms with Crippen LogP contribution >= 0.6 is 11.6 Å². The van der Waals surface area contributed by atoms with Crippen LogP contribution in [0.5, 0.6) is 5.75 Å². The van der Waals surface area contributed by atoms with Crippen LogP contribution in [0.4, 0.5) is 0 Å². The molecule has 0 saturated carbocycles. The Morgan fingerprint density at radius 1 is 1.53 bits per heavy atom. The molecule has 1 aromatic carbocycles. The summed E-state index contributed by atoms with van der Waals surface area (Å²) in [5.41, 5.74) is 5.56. The van der Waals surface area contributed by atoms with E-state index >= 15 is 0 Å². The second kappa shape index (κ2) is 5.95. The van der Waals surface area contributed by atoms with E-state index in [-0.39, 0.29) is 35.5 Å². The van der Waals surface area contributed by atoms with Crippen molar-refractivity contribution in [1.82, 2.24) is 5.32 Å². The minimum Gasteiger partial charge on any atom is -0.506 e. The van der Waals surface area contributed by atoms with Crippen molar-refractivity contribution in [2.75, 3.05) is 6.54 Å². The number of amidine groups is 1. The smallest absolute Gasteiger partial charge is 0.251 e. The van der Waals surface area contributed by atoms with E-state index < -0.39 is 0 Å². The summed E-state index contributed by atoms with van der Waals surface area (Å²) in [5, 5.41) is 22.9. The van der Waals surface area contributed by atoms with Crippen LogP contribution in [0.1, 0.15) is 16.8 Å². The Morgan fingerprint density at radius 2 is 2.24 bits per heavy atom. The van der Waals surface area contributed by atoms with Crippen LogP contribution in [0.15, 0.2) is 23.4 Å². The van der Waals surface area contributed by atoms with Crippen molar-refractivity contribution in [3.05, 3.63) is 28.8 Å². The zero-order valence-corrected chi connectivity index (χ0v) is 9.61. The van der Waals surface area contributed by atoms with Gasteiger partial charge < -0.3 is 21.4 Å². The van der Waals surface area contributed by atoms with Crippen LogP contribution in [0.3, 0.4) is 0 Å². The maximum absolute atomic E-state index is 11.6. The lowest BCUT2D eigenvalue weighted by Crippen LogP contribution is -2.27. The average molecular weight is 258 g/mol. The van der Waals surface area contributed by atoms with Crippen LogP contribution < -0.4 is 11.1 Å². The largest absolute Gasteiger partial charge is 0.506 e. The highest BCUT2D eigenvalue weighted by molar-refractivity contribution is 6.32. The van der Waals surface area contributed by atoms with Gasteiger partial charge in [-0.3, -0.25) is 4.79 Å². The Bertz CT molecular complexity index is 448. The molecule has 0 saturated heterocycles. The van der Waals surface area contributed by atoms with Crippen molar-refractivity contribution in [2.24, 2.45) is 10.9 Å². The number of oxime groups is 1. The van der Waals surface area contributed by atoms with Crippen LogP contribution in [-0.4, -0.2) is 28.6 Å². The van der Waals surface area contributed by atoms with Gasteiger partial charge in [-0.1, -0.05) is 16.8 Å². The monoisotopic (exact) mass is 257 g/mol. The maximum Gasteiger partial charge on any atom is 0.251 e. The molecule has 0 heterocycles. The van der Waals surface area contributed by atoms with Gasteiger partial charge in [0.15, 0.2) is 0 Å². The standard InChI is InChI=1S/C10H12ClN3O3/c11-7-5-6(1-2-8(7)15)10(16)13-4-3-9(12)14-17/h1-2,5,15,17H,3-4H2,(H2,12,14)(H,13,16). The third kappa shape index (κ3) is 3.84. The molecule has 1 rings (SSSR count). The Morgan fingerprint density at radius 3 is 2.82 bits per heavy atom. The summed E-state index contributed by atoms with van der Waals surface area (Å²) in [6, 6.07) is 4.14. The van der Waals surface area contributed by atoms with Gasteiger partial charge in [0.25, 0.3) is 5.91 Å². The molecule has 6 nitrogen and oxygen atoms in total. The molecule has 92 valence electrons. The summed E-state index contributed by atoms with van der Waals surface area (Å²) < 4.78 is 0. The normalized spacial score (nSPS) is 11.2. The van der Waals surface area contributed by atoms with E-state index in [1.54, 1.807) is 0 Å². The van der Waals surface area contributed by atoms with Gasteiger partial charge in [0.1, 0.15) is 11.6 Å². The van der Waals surface area contributed by atoms with Gasteiger partial charge in [0.2, 0.25) is 0 Å². The fourth-order valence-electron chi connectivity index (χ4n) is 1.10. The van der Waals surface area contributed by atoms with E-state index in [2.05, 4.69) is 10.5 Å². The number of hydrogen-bond donors (Lipinski definition) is 4. The first-order chi connectivity index (χ1) is 8.04. The summed E-state index contributed by atoms with van der Waals surface area (Å²) in [6.07, 6.45) is 0.244. The number of benzene rings is 1. The fourth-order valence-corrected chi connectivity index (χ4v) is 1.28. The highest BCUT2D eigenvalue weighted by Crippen LogP contribution is 2.23. The third-order valence-electron chi connectivity index (χ3n) is 2.01. The van der Waals surface area contributed by atoms with Gasteiger partial charge in [-0.25, -0.2) is 0 Å². The molecule has 0 radical (unpaired) electrons. The second-order valence-corrected chi connectivity index (χ2v) is 3.67. The molecule has 0 bridgehead atoms. The van der Waals surface area contributed by atoms with Crippen LogP contribution in [0.2, 0.25) is 5.02 Å². The number of nitrogens with one attached hydrogen (secondary N) is 1. The molecule has 0 aliphatic carbocycles. The molecular formula is C10H12ClN3O3. The number of halogens is 1. The minimum absolute atomic E-state index is 0.0361. The van der Waals surface area contributed by atoms with E-state index in [0.29, 0.717) is 5.56 Å². The zero-order chi connectivity index (χ0) is 12.8. The summed E-state index contributed by atoms with van der Waals surface area (Å²) in [4.78, 5) is 11.6. The molecule has 1 aromatic rings. The number of amides is 1. The SMILES string of the molecule is NC(CCNC(=O)c1ccc(O)c(Cl)c1)=NO. The van der Waals surface area contributed by atoms with Gasteiger partial charge in [-0.2, -0.15) is 0 Å². The van der Waals surface area contributed by atoms with E-state index in [1.165, 1.54) is 18.2 Å². The lowest BCUT2D eigenvalue weighted by atomic mass is 10.2. The molecule has 17 heavy (non-hydrogen) atoms. The van der Waals surface area contributed by atoms with E-state index in [9.17, 15) is 9.90 Å². The third-order valence-corrected chi connectivity index (χ3v) is 2.31. The van der Waals surface area contributed by atoms with E-state index in [4.69, 9.17) is 22.5 Å². The van der Waals surface area contributed by atoms with Crippen LogP contribution in [-0.2, 0) is 0 Å². The number of aromatic hydroxyl groups is 1. The molecule has 0 unspecified atom stereocenters. The van der Waals surface area contributed by atoms with Gasteiger partial charge in [0.05, 0.1) is 5.02 Å². The first kappa shape index (κ1) is 13.1. The lowest BCUT2D eigenvalue weighted by Gasteiger charge is -2.05. The predicted octanol–water partition coefficient (Wildman–Crippen LogP) is 0.912. The molecule has 7 heteroatoms. The lowest BCUT2D eigenvalue weighted by molar-refractivity contribution is 0.0954. The molecule has 5 N–H and O–H groups in total. The first-order valence-electron chi connectivity index (χ1n) is 4.77. The Labute approximate surface area is 103 Å². The van der Waals surface area contributed by atoms with Gasteiger partial charge in [0, 0.05) is 18.5 Å². The number of carbonyl (C=O) groups excluding carboxylic acids is 1. The molecule has 0 fully saturated rings. The number of rotatable bonds is 4. The first-order valence-corrected chi connectivity index (χ1v) is 5.15. The van der Waals surface area contributed by atoms with Crippen molar-refractivity contribution in [1.29, 1.82) is 0 Å². The van der Waals surface area contributed by atoms with Gasteiger partial charge in [-0.05, 0) is 18.2 Å². The second-order valence-electron chi connectivity index (χ2n) is 3.26. The highest BCUT2D eigenvalue weighted by atomic mass is 35.5. The average Bonchev–Trinajstić information content (AvgIpc) is 2.32. The molecule has 0 aromatic heterocycles.